The van der Waals surface area contributed by atoms with E-state index in [1.54, 1.807) is 0 Å². The summed E-state index contributed by atoms with van der Waals surface area (Å²) in [5.41, 5.74) is 1.27. The van der Waals surface area contributed by atoms with Crippen molar-refractivity contribution in [2.45, 2.75) is 27.2 Å². The second-order valence-electron chi connectivity index (χ2n) is 2.90. The number of alkyl halides is 1. The van der Waals surface area contributed by atoms with Crippen molar-refractivity contribution in [1.82, 2.24) is 0 Å². The van der Waals surface area contributed by atoms with Crippen molar-refractivity contribution in [1.29, 1.82) is 0 Å². The van der Waals surface area contributed by atoms with Crippen molar-refractivity contribution in [3.8, 4) is 0 Å². The van der Waals surface area contributed by atoms with E-state index in [0.29, 0.717) is 0 Å². The van der Waals surface area contributed by atoms with E-state index < -0.39 is 0 Å². The fourth-order valence-electron chi connectivity index (χ4n) is 0.888. The second kappa shape index (κ2) is 5.90. The van der Waals surface area contributed by atoms with Crippen molar-refractivity contribution in [2.24, 2.45) is 10.9 Å². The topological polar surface area (TPSA) is 12.4 Å². The monoisotopic (exact) mass is 205 g/mol. The molecule has 0 saturated carbocycles. The SMILES string of the molecule is CC(CC(C)C)=NCCBr. The molecule has 0 aliphatic heterocycles. The van der Waals surface area contributed by atoms with Crippen molar-refractivity contribution in [3.63, 3.8) is 0 Å². The summed E-state index contributed by atoms with van der Waals surface area (Å²) in [7, 11) is 0. The molecule has 0 bridgehead atoms. The standard InChI is InChI=1S/C8H16BrN/c1-7(2)6-8(3)10-5-4-9/h7H,4-6H2,1-3H3. The zero-order valence-electron chi connectivity index (χ0n) is 7.02. The van der Waals surface area contributed by atoms with E-state index in [4.69, 9.17) is 0 Å². The van der Waals surface area contributed by atoms with Gasteiger partial charge in [0, 0.05) is 17.6 Å². The zero-order valence-corrected chi connectivity index (χ0v) is 8.61. The summed E-state index contributed by atoms with van der Waals surface area (Å²) in [6.45, 7) is 7.45. The van der Waals surface area contributed by atoms with Gasteiger partial charge in [-0.2, -0.15) is 0 Å². The molecule has 0 aliphatic rings. The summed E-state index contributed by atoms with van der Waals surface area (Å²) in [5, 5.41) is 0.975. The first-order chi connectivity index (χ1) is 4.66. The highest BCUT2D eigenvalue weighted by Gasteiger charge is 1.95. The average molecular weight is 206 g/mol. The minimum absolute atomic E-state index is 0.735. The molecule has 0 aromatic heterocycles. The van der Waals surface area contributed by atoms with E-state index in [-0.39, 0.29) is 0 Å². The highest BCUT2D eigenvalue weighted by molar-refractivity contribution is 9.09. The average Bonchev–Trinajstić information content (AvgIpc) is 1.82. The lowest BCUT2D eigenvalue weighted by atomic mass is 10.1. The highest BCUT2D eigenvalue weighted by atomic mass is 79.9. The molecule has 0 rings (SSSR count). The van der Waals surface area contributed by atoms with Gasteiger partial charge < -0.3 is 0 Å². The molecule has 0 saturated heterocycles. The van der Waals surface area contributed by atoms with Crippen molar-refractivity contribution >= 4 is 21.6 Å². The van der Waals surface area contributed by atoms with Crippen molar-refractivity contribution in [2.75, 3.05) is 11.9 Å². The van der Waals surface area contributed by atoms with Gasteiger partial charge in [-0.05, 0) is 19.3 Å². The third kappa shape index (κ3) is 6.27. The molecule has 0 heterocycles. The Balaban J connectivity index is 3.49. The van der Waals surface area contributed by atoms with E-state index in [2.05, 4.69) is 41.7 Å². The van der Waals surface area contributed by atoms with E-state index in [1.807, 2.05) is 0 Å². The van der Waals surface area contributed by atoms with E-state index >= 15 is 0 Å². The molecule has 0 aliphatic carbocycles. The quantitative estimate of drug-likeness (QED) is 0.495. The van der Waals surface area contributed by atoms with E-state index in [0.717, 1.165) is 24.2 Å². The summed E-state index contributed by atoms with van der Waals surface area (Å²) in [4.78, 5) is 4.35. The molecule has 0 radical (unpaired) electrons. The molecule has 0 aromatic rings. The second-order valence-corrected chi connectivity index (χ2v) is 3.70. The summed E-state index contributed by atoms with van der Waals surface area (Å²) >= 11 is 3.34. The Kier molecular flexibility index (Phi) is 5.99. The lowest BCUT2D eigenvalue weighted by Crippen LogP contribution is -1.99. The molecule has 0 spiro atoms. The van der Waals surface area contributed by atoms with Crippen LogP contribution in [0.5, 0.6) is 0 Å². The predicted octanol–water partition coefficient (Wildman–Crippen LogP) is 2.89. The van der Waals surface area contributed by atoms with Crippen LogP contribution in [-0.4, -0.2) is 17.6 Å². The van der Waals surface area contributed by atoms with Crippen LogP contribution >= 0.6 is 15.9 Å². The zero-order chi connectivity index (χ0) is 7.98. The van der Waals surface area contributed by atoms with Gasteiger partial charge >= 0.3 is 0 Å². The maximum Gasteiger partial charge on any atom is 0.0485 e. The van der Waals surface area contributed by atoms with Gasteiger partial charge in [-0.3, -0.25) is 4.99 Å². The summed E-state index contributed by atoms with van der Waals surface area (Å²) in [5.74, 6) is 0.735. The number of hydrogen-bond acceptors (Lipinski definition) is 1. The molecular formula is C8H16BrN. The van der Waals surface area contributed by atoms with Gasteiger partial charge in [0.1, 0.15) is 0 Å². The molecule has 0 aromatic carbocycles. The lowest BCUT2D eigenvalue weighted by Gasteiger charge is -2.02. The summed E-state index contributed by atoms with van der Waals surface area (Å²) in [6.07, 6.45) is 1.13. The van der Waals surface area contributed by atoms with Crippen LogP contribution in [0.25, 0.3) is 0 Å². The van der Waals surface area contributed by atoms with Crippen LogP contribution in [0.1, 0.15) is 27.2 Å². The first kappa shape index (κ1) is 10.2. The third-order valence-electron chi connectivity index (χ3n) is 1.17. The molecule has 1 nitrogen and oxygen atoms in total. The van der Waals surface area contributed by atoms with Crippen LogP contribution in [-0.2, 0) is 0 Å². The predicted molar refractivity (Wildman–Crippen MR) is 51.2 cm³/mol. The van der Waals surface area contributed by atoms with Gasteiger partial charge in [-0.25, -0.2) is 0 Å². The molecule has 0 amide bonds. The van der Waals surface area contributed by atoms with Gasteiger partial charge in [-0.15, -0.1) is 0 Å². The van der Waals surface area contributed by atoms with Gasteiger partial charge in [0.2, 0.25) is 0 Å². The fraction of sp³-hybridized carbons (Fsp3) is 0.875. The van der Waals surface area contributed by atoms with Crippen LogP contribution in [0.4, 0.5) is 0 Å². The number of halogens is 1. The Morgan fingerprint density at radius 1 is 1.50 bits per heavy atom. The first-order valence-electron chi connectivity index (χ1n) is 3.72. The summed E-state index contributed by atoms with van der Waals surface area (Å²) < 4.78 is 0. The maximum absolute atomic E-state index is 4.35. The van der Waals surface area contributed by atoms with Gasteiger partial charge in [-0.1, -0.05) is 29.8 Å². The number of rotatable bonds is 4. The van der Waals surface area contributed by atoms with Gasteiger partial charge in [0.25, 0.3) is 0 Å². The minimum Gasteiger partial charge on any atom is -0.294 e. The summed E-state index contributed by atoms with van der Waals surface area (Å²) in [6, 6.07) is 0. The van der Waals surface area contributed by atoms with Gasteiger partial charge in [0.05, 0.1) is 0 Å². The normalized spacial score (nSPS) is 12.7. The van der Waals surface area contributed by atoms with Crippen LogP contribution in [0.2, 0.25) is 0 Å². The maximum atomic E-state index is 4.35. The molecule has 0 fully saturated rings. The van der Waals surface area contributed by atoms with Crippen LogP contribution in [0.15, 0.2) is 4.99 Å². The van der Waals surface area contributed by atoms with E-state index in [1.165, 1.54) is 5.71 Å². The Morgan fingerprint density at radius 2 is 2.10 bits per heavy atom. The number of aliphatic imine (C=N–C) groups is 1. The Labute approximate surface area is 72.1 Å². The van der Waals surface area contributed by atoms with Crippen LogP contribution in [0.3, 0.4) is 0 Å². The van der Waals surface area contributed by atoms with Gasteiger partial charge in [0.15, 0.2) is 0 Å². The molecule has 10 heavy (non-hydrogen) atoms. The van der Waals surface area contributed by atoms with Crippen LogP contribution < -0.4 is 0 Å². The smallest absolute Gasteiger partial charge is 0.0485 e. The highest BCUT2D eigenvalue weighted by Crippen LogP contribution is 2.00. The molecular weight excluding hydrogens is 190 g/mol. The van der Waals surface area contributed by atoms with Crippen molar-refractivity contribution < 1.29 is 0 Å². The third-order valence-corrected chi connectivity index (χ3v) is 1.52. The number of hydrogen-bond donors (Lipinski definition) is 0. The largest absolute Gasteiger partial charge is 0.294 e. The minimum atomic E-state index is 0.735. The lowest BCUT2D eigenvalue weighted by molar-refractivity contribution is 0.681. The molecule has 0 N–H and O–H groups in total. The molecule has 2 heteroatoms. The Hall–Kier alpha value is 0.150. The van der Waals surface area contributed by atoms with Crippen LogP contribution in [0, 0.1) is 5.92 Å². The molecule has 0 unspecified atom stereocenters. The first-order valence-corrected chi connectivity index (χ1v) is 4.85. The Bertz CT molecular complexity index is 108. The van der Waals surface area contributed by atoms with E-state index in [9.17, 15) is 0 Å². The molecule has 0 atom stereocenters. The molecule has 60 valence electrons. The Morgan fingerprint density at radius 3 is 2.50 bits per heavy atom. The fourth-order valence-corrected chi connectivity index (χ4v) is 1.07. The van der Waals surface area contributed by atoms with Crippen molar-refractivity contribution in [3.05, 3.63) is 0 Å². The number of nitrogens with zero attached hydrogens (tertiary/aromatic N) is 1.